The molecule has 0 aromatic carbocycles. The lowest BCUT2D eigenvalue weighted by Crippen LogP contribution is -2.58. The summed E-state index contributed by atoms with van der Waals surface area (Å²) in [6.45, 7) is 18.3. The number of Topliss-reactive ketones (excluding diaryl/α,β-unsaturated/α-hetero) is 1. The van der Waals surface area contributed by atoms with Crippen LogP contribution in [-0.2, 0) is 19.1 Å². The van der Waals surface area contributed by atoms with Crippen LogP contribution in [0.3, 0.4) is 0 Å². The Morgan fingerprint density at radius 1 is 0.958 bits per heavy atom. The van der Waals surface area contributed by atoms with E-state index >= 15 is 0 Å². The summed E-state index contributed by atoms with van der Waals surface area (Å²) < 4.78 is 5.09. The van der Waals surface area contributed by atoms with Gasteiger partial charge in [0.05, 0.1) is 0 Å². The Morgan fingerprint density at radius 2 is 1.42 bits per heavy atom. The largest absolute Gasteiger partial charge is 0.385 e. The molecule has 0 radical (unpaired) electrons. The highest BCUT2D eigenvalue weighted by Crippen LogP contribution is 2.37. The lowest BCUT2D eigenvalue weighted by molar-refractivity contribution is -0.118. The van der Waals surface area contributed by atoms with Gasteiger partial charge in [0.2, 0.25) is 8.07 Å². The Kier molecular flexibility index (Phi) is 9.00. The SMILES string of the molecule is C=C(C)C(=O)C(CC)[Si](CCCOC)(C(=O)C(=C)C)C(=O)C(=C)C. The smallest absolute Gasteiger partial charge is 0.230 e. The second-order valence-electron chi connectivity index (χ2n) is 6.39. The molecule has 0 aromatic rings. The highest BCUT2D eigenvalue weighted by molar-refractivity contribution is 7.29. The molecule has 1 atom stereocenters. The predicted molar refractivity (Wildman–Crippen MR) is 101 cm³/mol. The fraction of sp³-hybridized carbons (Fsp3) is 0.526. The van der Waals surface area contributed by atoms with E-state index in [4.69, 9.17) is 4.74 Å². The molecule has 0 rings (SSSR count). The van der Waals surface area contributed by atoms with E-state index in [9.17, 15) is 14.4 Å². The third-order valence-corrected chi connectivity index (χ3v) is 9.72. The first-order valence-corrected chi connectivity index (χ1v) is 10.5. The van der Waals surface area contributed by atoms with Gasteiger partial charge >= 0.3 is 0 Å². The maximum atomic E-state index is 13.1. The molecule has 0 heterocycles. The lowest BCUT2D eigenvalue weighted by atomic mass is 10.1. The molecule has 0 aliphatic rings. The molecule has 0 aliphatic heterocycles. The first kappa shape index (κ1) is 22.4. The van der Waals surface area contributed by atoms with Crippen molar-refractivity contribution in [1.82, 2.24) is 0 Å². The van der Waals surface area contributed by atoms with Gasteiger partial charge in [0.25, 0.3) is 0 Å². The molecule has 134 valence electrons. The van der Waals surface area contributed by atoms with Gasteiger partial charge in [0.1, 0.15) is 10.8 Å². The molecule has 0 N–H and O–H groups in total. The fourth-order valence-electron chi connectivity index (χ4n) is 3.13. The van der Waals surface area contributed by atoms with Crippen molar-refractivity contribution in [3.8, 4) is 0 Å². The second kappa shape index (κ2) is 9.64. The maximum absolute atomic E-state index is 13.1. The van der Waals surface area contributed by atoms with Gasteiger partial charge in [-0.3, -0.25) is 14.4 Å². The first-order chi connectivity index (χ1) is 11.1. The summed E-state index contributed by atoms with van der Waals surface area (Å²) >= 11 is 0. The van der Waals surface area contributed by atoms with E-state index in [1.807, 2.05) is 6.92 Å². The van der Waals surface area contributed by atoms with Crippen LogP contribution in [0.4, 0.5) is 0 Å². The van der Waals surface area contributed by atoms with Crippen molar-refractivity contribution in [2.24, 2.45) is 0 Å². The maximum Gasteiger partial charge on any atom is 0.230 e. The molecule has 0 saturated heterocycles. The number of methoxy groups -OCH3 is 1. The zero-order chi connectivity index (χ0) is 19.1. The standard InChI is InChI=1S/C19H30O4Si/c1-9-16(17(20)13(2)3)24(12-10-11-23-8,18(21)14(4)5)19(22)15(6)7/h16H,2,4,6,9-12H2,1,3,5,7-8H3. The normalized spacial score (nSPS) is 12.4. The number of ether oxygens (including phenoxy) is 1. The molecule has 0 spiro atoms. The van der Waals surface area contributed by atoms with Crippen LogP contribution in [0, 0.1) is 0 Å². The van der Waals surface area contributed by atoms with Gasteiger partial charge in [-0.15, -0.1) is 0 Å². The number of hydrogen-bond acceptors (Lipinski definition) is 4. The van der Waals surface area contributed by atoms with Gasteiger partial charge in [-0.05, 0) is 56.4 Å². The number of hydrogen-bond donors (Lipinski definition) is 0. The first-order valence-electron chi connectivity index (χ1n) is 8.17. The summed E-state index contributed by atoms with van der Waals surface area (Å²) in [4.78, 5) is 39.0. The molecule has 1 unspecified atom stereocenters. The minimum Gasteiger partial charge on any atom is -0.385 e. The van der Waals surface area contributed by atoms with Crippen LogP contribution in [-0.4, -0.2) is 38.4 Å². The molecule has 4 nitrogen and oxygen atoms in total. The number of rotatable bonds is 12. The molecule has 0 fully saturated rings. The van der Waals surface area contributed by atoms with Crippen molar-refractivity contribution < 1.29 is 19.1 Å². The third-order valence-electron chi connectivity index (χ3n) is 4.25. The van der Waals surface area contributed by atoms with Crippen LogP contribution in [0.25, 0.3) is 0 Å². The van der Waals surface area contributed by atoms with Crippen LogP contribution in [0.5, 0.6) is 0 Å². The summed E-state index contributed by atoms with van der Waals surface area (Å²) in [5.74, 6) is -0.203. The zero-order valence-electron chi connectivity index (χ0n) is 15.7. The molecule has 0 aromatic heterocycles. The summed E-state index contributed by atoms with van der Waals surface area (Å²) in [6.07, 6.45) is 0.962. The Balaban J connectivity index is 6.42. The Labute approximate surface area is 146 Å². The van der Waals surface area contributed by atoms with E-state index in [1.165, 1.54) is 0 Å². The van der Waals surface area contributed by atoms with Crippen molar-refractivity contribution in [1.29, 1.82) is 0 Å². The van der Waals surface area contributed by atoms with Gasteiger partial charge in [-0.25, -0.2) is 0 Å². The summed E-state index contributed by atoms with van der Waals surface area (Å²) in [5.41, 5.74) is 0.373. The van der Waals surface area contributed by atoms with Gasteiger partial charge in [-0.1, -0.05) is 26.7 Å². The summed E-state index contributed by atoms with van der Waals surface area (Å²) in [6, 6.07) is 0.357. The Bertz CT molecular complexity index is 534. The van der Waals surface area contributed by atoms with E-state index in [2.05, 4.69) is 19.7 Å². The molecular formula is C19H30O4Si. The van der Waals surface area contributed by atoms with Crippen molar-refractivity contribution in [2.75, 3.05) is 13.7 Å². The number of carbonyl (C=O) groups is 3. The summed E-state index contributed by atoms with van der Waals surface area (Å²) in [7, 11) is -1.82. The zero-order valence-corrected chi connectivity index (χ0v) is 16.7. The quantitative estimate of drug-likeness (QED) is 0.305. The topological polar surface area (TPSA) is 60.4 Å². The van der Waals surface area contributed by atoms with Crippen LogP contribution < -0.4 is 0 Å². The van der Waals surface area contributed by atoms with Crippen molar-refractivity contribution in [3.05, 3.63) is 36.5 Å². The van der Waals surface area contributed by atoms with Gasteiger partial charge < -0.3 is 4.74 Å². The van der Waals surface area contributed by atoms with Crippen LogP contribution in [0.15, 0.2) is 36.5 Å². The molecule has 0 saturated carbocycles. The number of carbonyl (C=O) groups excluding carboxylic acids is 3. The summed E-state index contributed by atoms with van der Waals surface area (Å²) in [5, 5.41) is -0.513. The minimum absolute atomic E-state index is 0.203. The van der Waals surface area contributed by atoms with E-state index in [1.54, 1.807) is 27.9 Å². The van der Waals surface area contributed by atoms with Crippen molar-refractivity contribution in [2.45, 2.75) is 52.1 Å². The number of ketones is 1. The molecule has 0 amide bonds. The average molecular weight is 351 g/mol. The molecule has 5 heteroatoms. The van der Waals surface area contributed by atoms with Gasteiger partial charge in [0, 0.05) is 19.3 Å². The van der Waals surface area contributed by atoms with Crippen LogP contribution >= 0.6 is 0 Å². The second-order valence-corrected chi connectivity index (χ2v) is 10.4. The van der Waals surface area contributed by atoms with E-state index < -0.39 is 13.6 Å². The molecule has 24 heavy (non-hydrogen) atoms. The van der Waals surface area contributed by atoms with E-state index in [-0.39, 0.29) is 16.6 Å². The van der Waals surface area contributed by atoms with Gasteiger partial charge in [-0.2, -0.15) is 0 Å². The third kappa shape index (κ3) is 4.71. The minimum atomic E-state index is -3.39. The van der Waals surface area contributed by atoms with E-state index in [0.717, 1.165) is 0 Å². The highest BCUT2D eigenvalue weighted by atomic mass is 28.3. The molecular weight excluding hydrogens is 320 g/mol. The molecule has 0 bridgehead atoms. The average Bonchev–Trinajstić information content (AvgIpc) is 2.52. The monoisotopic (exact) mass is 350 g/mol. The van der Waals surface area contributed by atoms with Crippen LogP contribution in [0.1, 0.15) is 40.5 Å². The van der Waals surface area contributed by atoms with Crippen LogP contribution in [0.2, 0.25) is 11.6 Å². The lowest BCUT2D eigenvalue weighted by Gasteiger charge is -2.35. The van der Waals surface area contributed by atoms with Crippen molar-refractivity contribution >= 4 is 24.7 Å². The fourth-order valence-corrected chi connectivity index (χ4v) is 8.39. The Hall–Kier alpha value is -1.59. The predicted octanol–water partition coefficient (Wildman–Crippen LogP) is 3.77. The van der Waals surface area contributed by atoms with Crippen molar-refractivity contribution in [3.63, 3.8) is 0 Å². The molecule has 0 aliphatic carbocycles. The Morgan fingerprint density at radius 3 is 1.71 bits per heavy atom. The highest BCUT2D eigenvalue weighted by Gasteiger charge is 2.55. The van der Waals surface area contributed by atoms with E-state index in [0.29, 0.717) is 42.2 Å². The number of allylic oxidation sites excluding steroid dienone is 3. The van der Waals surface area contributed by atoms with Gasteiger partial charge in [0.15, 0.2) is 5.78 Å².